The Labute approximate surface area is 127 Å². The minimum Gasteiger partial charge on any atom is -0.481 e. The first-order valence-electron chi connectivity index (χ1n) is 5.92. The molecule has 0 aliphatic heterocycles. The summed E-state index contributed by atoms with van der Waals surface area (Å²) in [5, 5.41) is 10.9. The molecule has 0 aliphatic carbocycles. The van der Waals surface area contributed by atoms with Crippen molar-refractivity contribution in [3.8, 4) is 0 Å². The zero-order valence-electron chi connectivity index (χ0n) is 10.9. The Morgan fingerprint density at radius 2 is 2.05 bits per heavy atom. The van der Waals surface area contributed by atoms with Crippen LogP contribution < -0.4 is 0 Å². The molecular formula is C14H13BrF2O2S. The van der Waals surface area contributed by atoms with Gasteiger partial charge in [-0.2, -0.15) is 0 Å². The lowest BCUT2D eigenvalue weighted by Gasteiger charge is -2.25. The molecule has 0 bridgehead atoms. The van der Waals surface area contributed by atoms with Gasteiger partial charge in [-0.05, 0) is 35.8 Å². The van der Waals surface area contributed by atoms with E-state index in [1.165, 1.54) is 30.6 Å². The number of aliphatic carboxylic acids is 1. The standard InChI is InChI=1S/C14H13BrF2O2S/c1-13(2,12(18)19)7-14(16,17)9-6-20-11-8(9)4-3-5-10(11)15/h3-6H,7H2,1-2H3,(H,18,19). The molecule has 0 saturated carbocycles. The van der Waals surface area contributed by atoms with Gasteiger partial charge in [0.1, 0.15) is 0 Å². The van der Waals surface area contributed by atoms with E-state index in [0.29, 0.717) is 5.39 Å². The van der Waals surface area contributed by atoms with Crippen molar-refractivity contribution in [3.05, 3.63) is 33.6 Å². The second-order valence-corrected chi connectivity index (χ2v) is 7.07. The summed E-state index contributed by atoms with van der Waals surface area (Å²) in [6.45, 7) is 2.63. The Morgan fingerprint density at radius 1 is 1.40 bits per heavy atom. The van der Waals surface area contributed by atoms with Crippen molar-refractivity contribution in [1.29, 1.82) is 0 Å². The molecule has 1 aromatic heterocycles. The van der Waals surface area contributed by atoms with Gasteiger partial charge >= 0.3 is 5.97 Å². The van der Waals surface area contributed by atoms with Gasteiger partial charge in [-0.3, -0.25) is 4.79 Å². The molecular weight excluding hydrogens is 350 g/mol. The number of carbonyl (C=O) groups is 1. The fourth-order valence-electron chi connectivity index (χ4n) is 2.03. The van der Waals surface area contributed by atoms with Crippen molar-refractivity contribution >= 4 is 43.3 Å². The molecule has 0 saturated heterocycles. The Morgan fingerprint density at radius 3 is 2.65 bits per heavy atom. The molecule has 20 heavy (non-hydrogen) atoms. The molecule has 0 unspecified atom stereocenters. The lowest BCUT2D eigenvalue weighted by molar-refractivity contribution is -0.153. The van der Waals surface area contributed by atoms with Gasteiger partial charge in [-0.25, -0.2) is 8.78 Å². The van der Waals surface area contributed by atoms with Crippen molar-refractivity contribution in [1.82, 2.24) is 0 Å². The number of thiophene rings is 1. The van der Waals surface area contributed by atoms with Crippen LogP contribution in [0.4, 0.5) is 8.78 Å². The van der Waals surface area contributed by atoms with Gasteiger partial charge in [0.15, 0.2) is 0 Å². The van der Waals surface area contributed by atoms with Crippen molar-refractivity contribution in [3.63, 3.8) is 0 Å². The summed E-state index contributed by atoms with van der Waals surface area (Å²) in [6, 6.07) is 5.12. The highest BCUT2D eigenvalue weighted by molar-refractivity contribution is 9.10. The molecule has 2 rings (SSSR count). The van der Waals surface area contributed by atoms with E-state index in [9.17, 15) is 13.6 Å². The maximum absolute atomic E-state index is 14.4. The van der Waals surface area contributed by atoms with Crippen LogP contribution in [0.5, 0.6) is 0 Å². The minimum atomic E-state index is -3.18. The van der Waals surface area contributed by atoms with Crippen LogP contribution in [0.25, 0.3) is 10.1 Å². The molecule has 0 radical (unpaired) electrons. The third kappa shape index (κ3) is 2.72. The number of carboxylic acids is 1. The monoisotopic (exact) mass is 362 g/mol. The molecule has 0 aliphatic rings. The maximum Gasteiger partial charge on any atom is 0.309 e. The van der Waals surface area contributed by atoms with E-state index in [1.54, 1.807) is 18.2 Å². The van der Waals surface area contributed by atoms with E-state index in [0.717, 1.165) is 9.17 Å². The summed E-state index contributed by atoms with van der Waals surface area (Å²) in [5.74, 6) is -4.40. The number of rotatable bonds is 4. The summed E-state index contributed by atoms with van der Waals surface area (Å²) >= 11 is 4.56. The first kappa shape index (κ1) is 15.4. The lowest BCUT2D eigenvalue weighted by atomic mass is 9.84. The van der Waals surface area contributed by atoms with Crippen LogP contribution in [0.15, 0.2) is 28.1 Å². The van der Waals surface area contributed by atoms with Gasteiger partial charge in [-0.1, -0.05) is 12.1 Å². The fraction of sp³-hybridized carbons (Fsp3) is 0.357. The molecule has 6 heteroatoms. The normalized spacial score (nSPS) is 12.8. The summed E-state index contributed by atoms with van der Waals surface area (Å²) < 4.78 is 30.4. The van der Waals surface area contributed by atoms with E-state index in [2.05, 4.69) is 15.9 Å². The van der Waals surface area contributed by atoms with Crippen molar-refractivity contribution in [2.45, 2.75) is 26.2 Å². The first-order valence-corrected chi connectivity index (χ1v) is 7.60. The Hall–Kier alpha value is -1.01. The quantitative estimate of drug-likeness (QED) is 0.805. The van der Waals surface area contributed by atoms with Crippen molar-refractivity contribution in [2.75, 3.05) is 0 Å². The van der Waals surface area contributed by atoms with Crippen molar-refractivity contribution in [2.24, 2.45) is 5.41 Å². The zero-order valence-corrected chi connectivity index (χ0v) is 13.3. The SMILES string of the molecule is CC(C)(CC(F)(F)c1csc2c(Br)cccc12)C(=O)O. The maximum atomic E-state index is 14.4. The number of hydrogen-bond acceptors (Lipinski definition) is 2. The highest BCUT2D eigenvalue weighted by Gasteiger charge is 2.43. The summed E-state index contributed by atoms with van der Waals surface area (Å²) in [5.41, 5.74) is -1.59. The number of benzene rings is 1. The Balaban J connectivity index is 2.47. The minimum absolute atomic E-state index is 0.104. The van der Waals surface area contributed by atoms with Crippen LogP contribution in [0.2, 0.25) is 0 Å². The average Bonchev–Trinajstić information content (AvgIpc) is 2.73. The number of alkyl halides is 2. The van der Waals surface area contributed by atoms with E-state index in [1.807, 2.05) is 0 Å². The van der Waals surface area contributed by atoms with Gasteiger partial charge in [0.25, 0.3) is 5.92 Å². The molecule has 108 valence electrons. The zero-order chi connectivity index (χ0) is 15.1. The molecule has 1 aromatic carbocycles. The molecule has 1 heterocycles. The lowest BCUT2D eigenvalue weighted by Crippen LogP contribution is -2.31. The average molecular weight is 363 g/mol. The second kappa shape index (κ2) is 5.07. The first-order chi connectivity index (χ1) is 9.15. The second-order valence-electron chi connectivity index (χ2n) is 5.34. The fourth-order valence-corrected chi connectivity index (χ4v) is 3.70. The van der Waals surface area contributed by atoms with Gasteiger partial charge < -0.3 is 5.11 Å². The molecule has 0 amide bonds. The predicted octanol–water partition coefficient (Wildman–Crippen LogP) is 5.26. The molecule has 0 atom stereocenters. The van der Waals surface area contributed by atoms with Gasteiger partial charge in [0.2, 0.25) is 0 Å². The van der Waals surface area contributed by atoms with Gasteiger partial charge in [-0.15, -0.1) is 11.3 Å². The van der Waals surface area contributed by atoms with Crippen LogP contribution in [0.3, 0.4) is 0 Å². The summed E-state index contributed by atoms with van der Waals surface area (Å²) in [4.78, 5) is 11.0. The third-order valence-corrected chi connectivity index (χ3v) is 5.14. The van der Waals surface area contributed by atoms with Crippen molar-refractivity contribution < 1.29 is 18.7 Å². The van der Waals surface area contributed by atoms with Crippen LogP contribution in [0.1, 0.15) is 25.8 Å². The van der Waals surface area contributed by atoms with E-state index >= 15 is 0 Å². The Kier molecular flexibility index (Phi) is 3.90. The molecule has 2 aromatic rings. The van der Waals surface area contributed by atoms with Crippen LogP contribution >= 0.6 is 27.3 Å². The predicted molar refractivity (Wildman–Crippen MR) is 79.5 cm³/mol. The topological polar surface area (TPSA) is 37.3 Å². The van der Waals surface area contributed by atoms with Gasteiger partial charge in [0, 0.05) is 31.9 Å². The van der Waals surface area contributed by atoms with Crippen LogP contribution in [0, 0.1) is 5.41 Å². The molecule has 0 spiro atoms. The highest BCUT2D eigenvalue weighted by Crippen LogP contribution is 2.45. The number of carboxylic acid groups (broad SMARTS) is 1. The number of fused-ring (bicyclic) bond motifs is 1. The molecule has 1 N–H and O–H groups in total. The number of hydrogen-bond donors (Lipinski definition) is 1. The smallest absolute Gasteiger partial charge is 0.309 e. The van der Waals surface area contributed by atoms with Gasteiger partial charge in [0.05, 0.1) is 5.41 Å². The third-order valence-electron chi connectivity index (χ3n) is 3.19. The van der Waals surface area contributed by atoms with E-state index < -0.39 is 23.7 Å². The summed E-state index contributed by atoms with van der Waals surface area (Å²) in [6.07, 6.45) is -0.728. The molecule has 0 fully saturated rings. The largest absolute Gasteiger partial charge is 0.481 e. The highest BCUT2D eigenvalue weighted by atomic mass is 79.9. The Bertz CT molecular complexity index is 664. The van der Waals surface area contributed by atoms with E-state index in [-0.39, 0.29) is 5.56 Å². The number of halogens is 3. The summed E-state index contributed by atoms with van der Waals surface area (Å²) in [7, 11) is 0. The van der Waals surface area contributed by atoms with Crippen LogP contribution in [-0.2, 0) is 10.7 Å². The van der Waals surface area contributed by atoms with E-state index in [4.69, 9.17) is 5.11 Å². The molecule has 2 nitrogen and oxygen atoms in total. The van der Waals surface area contributed by atoms with Crippen LogP contribution in [-0.4, -0.2) is 11.1 Å².